The summed E-state index contributed by atoms with van der Waals surface area (Å²) in [6.45, 7) is 2.07. The Morgan fingerprint density at radius 1 is 1.14 bits per heavy atom. The number of imidazole rings is 1. The summed E-state index contributed by atoms with van der Waals surface area (Å²) < 4.78 is 24.8. The zero-order valence-electron chi connectivity index (χ0n) is 23.0. The van der Waals surface area contributed by atoms with Gasteiger partial charge in [-0.25, -0.2) is 19.3 Å². The molecule has 0 bridgehead atoms. The van der Waals surface area contributed by atoms with Crippen molar-refractivity contribution in [3.05, 3.63) is 112 Å². The van der Waals surface area contributed by atoms with Crippen LogP contribution in [0.4, 0.5) is 4.39 Å². The normalized spacial score (nSPS) is 13.6. The van der Waals surface area contributed by atoms with Gasteiger partial charge in [-0.2, -0.15) is 0 Å². The zero-order valence-corrected chi connectivity index (χ0v) is 23.0. The van der Waals surface area contributed by atoms with Crippen LogP contribution >= 0.6 is 0 Å². The number of nitrogens with one attached hydrogen (secondary N) is 3. The summed E-state index contributed by atoms with van der Waals surface area (Å²) in [5.74, 6) is -0.736. The van der Waals surface area contributed by atoms with Gasteiger partial charge in [0.1, 0.15) is 5.82 Å². The van der Waals surface area contributed by atoms with E-state index in [9.17, 15) is 14.0 Å². The number of carbonyl (C=O) groups excluding carboxylic acids is 1. The molecule has 0 saturated carbocycles. The number of amides is 1. The first-order valence-electron chi connectivity index (χ1n) is 13.6. The van der Waals surface area contributed by atoms with Crippen LogP contribution in [0.15, 0.2) is 82.0 Å². The van der Waals surface area contributed by atoms with E-state index in [-0.39, 0.29) is 23.6 Å². The smallest absolute Gasteiger partial charge is 0.434 e. The molecule has 6 rings (SSSR count). The van der Waals surface area contributed by atoms with Gasteiger partial charge >= 0.3 is 5.76 Å². The molecular weight excluding hydrogens is 537 g/mol. The molecule has 0 unspecified atom stereocenters. The Morgan fingerprint density at radius 2 is 1.98 bits per heavy atom. The van der Waals surface area contributed by atoms with Crippen LogP contribution in [0.1, 0.15) is 59.5 Å². The fourth-order valence-electron chi connectivity index (χ4n) is 5.29. The monoisotopic (exact) mass is 565 g/mol. The number of methoxy groups -OCH3 is 1. The number of allylic oxidation sites excluding steroid dienone is 4. The second kappa shape index (κ2) is 11.3. The van der Waals surface area contributed by atoms with E-state index in [0.29, 0.717) is 34.4 Å². The lowest BCUT2D eigenvalue weighted by Crippen LogP contribution is -2.28. The highest BCUT2D eigenvalue weighted by molar-refractivity contribution is 6.03. The van der Waals surface area contributed by atoms with Gasteiger partial charge in [-0.1, -0.05) is 61.9 Å². The van der Waals surface area contributed by atoms with Crippen molar-refractivity contribution in [1.82, 2.24) is 25.5 Å². The van der Waals surface area contributed by atoms with Crippen LogP contribution in [0.2, 0.25) is 0 Å². The number of aromatic amines is 2. The standard InChI is InChI=1S/C32H28FN5O4/c1-3-8-25(18-9-5-4-6-10-18)36-30(39)19-13-14-21(23(15-19)31-37-38-32(40)42-31)20-11-7-12-22(20)29-34-26-16-24(33)28(41-2)17-27(26)35-29/h4-7,9-10,12-17,25H,3,8,11H2,1-2H3,(H,34,35)(H,36,39)(H,38,40)/t25-/m1/s1. The number of fused-ring (bicyclic) bond motifs is 1. The third kappa shape index (κ3) is 5.14. The van der Waals surface area contributed by atoms with Crippen molar-refractivity contribution in [2.45, 2.75) is 32.2 Å². The van der Waals surface area contributed by atoms with Crippen molar-refractivity contribution in [3.8, 4) is 17.2 Å². The van der Waals surface area contributed by atoms with Gasteiger partial charge in [0.05, 0.1) is 24.2 Å². The SMILES string of the molecule is CCC[C@@H](NC(=O)c1ccc(C2=C(c3nc4cc(OC)c(F)cc4[nH]3)C=CC2)c(-c2n[nH]c(=O)o2)c1)c1ccccc1. The molecular formula is C32H28FN5O4. The van der Waals surface area contributed by atoms with E-state index < -0.39 is 11.6 Å². The second-order valence-electron chi connectivity index (χ2n) is 9.99. The second-order valence-corrected chi connectivity index (χ2v) is 9.99. The first-order valence-corrected chi connectivity index (χ1v) is 13.6. The number of H-pyrrole nitrogens is 2. The number of hydrogen-bond donors (Lipinski definition) is 3. The number of nitrogens with zero attached hydrogens (tertiary/aromatic N) is 2. The topological polar surface area (TPSA) is 126 Å². The molecule has 0 radical (unpaired) electrons. The molecule has 212 valence electrons. The summed E-state index contributed by atoms with van der Waals surface area (Å²) >= 11 is 0. The summed E-state index contributed by atoms with van der Waals surface area (Å²) in [5, 5.41) is 9.52. The predicted octanol–water partition coefficient (Wildman–Crippen LogP) is 6.20. The van der Waals surface area contributed by atoms with Crippen LogP contribution in [0.5, 0.6) is 5.75 Å². The third-order valence-corrected chi connectivity index (χ3v) is 7.30. The molecule has 2 aromatic heterocycles. The number of rotatable bonds is 9. The van der Waals surface area contributed by atoms with Crippen molar-refractivity contribution < 1.29 is 18.3 Å². The van der Waals surface area contributed by atoms with Crippen molar-refractivity contribution in [2.24, 2.45) is 0 Å². The lowest BCUT2D eigenvalue weighted by molar-refractivity contribution is 0.0934. The Labute approximate surface area is 240 Å². The molecule has 42 heavy (non-hydrogen) atoms. The molecule has 3 N–H and O–H groups in total. The van der Waals surface area contributed by atoms with E-state index in [1.54, 1.807) is 18.2 Å². The van der Waals surface area contributed by atoms with E-state index in [1.165, 1.54) is 13.2 Å². The van der Waals surface area contributed by atoms with Crippen LogP contribution in [-0.2, 0) is 0 Å². The van der Waals surface area contributed by atoms with Gasteiger partial charge in [-0.3, -0.25) is 4.79 Å². The molecule has 10 heteroatoms. The Kier molecular flexibility index (Phi) is 7.26. The molecule has 0 aliphatic heterocycles. The Balaban J connectivity index is 1.41. The minimum atomic E-state index is -0.704. The number of hydrogen-bond acceptors (Lipinski definition) is 6. The quantitative estimate of drug-likeness (QED) is 0.196. The first kappa shape index (κ1) is 26.9. The van der Waals surface area contributed by atoms with Gasteiger partial charge < -0.3 is 19.5 Å². The highest BCUT2D eigenvalue weighted by Gasteiger charge is 2.24. The van der Waals surface area contributed by atoms with E-state index in [0.717, 1.165) is 35.1 Å². The molecule has 5 aromatic rings. The van der Waals surface area contributed by atoms with E-state index >= 15 is 0 Å². The Bertz CT molecular complexity index is 1900. The highest BCUT2D eigenvalue weighted by Crippen LogP contribution is 2.39. The van der Waals surface area contributed by atoms with E-state index in [2.05, 4.69) is 32.4 Å². The predicted molar refractivity (Wildman–Crippen MR) is 157 cm³/mol. The van der Waals surface area contributed by atoms with Crippen molar-refractivity contribution >= 4 is 28.1 Å². The summed E-state index contributed by atoms with van der Waals surface area (Å²) in [6.07, 6.45) is 6.15. The first-order chi connectivity index (χ1) is 20.4. The fraction of sp³-hybridized carbons (Fsp3) is 0.188. The minimum Gasteiger partial charge on any atom is -0.494 e. The number of carbonyl (C=O) groups is 1. The largest absolute Gasteiger partial charge is 0.494 e. The summed E-state index contributed by atoms with van der Waals surface area (Å²) in [5.41, 5.74) is 5.37. The van der Waals surface area contributed by atoms with Crippen LogP contribution < -0.4 is 15.8 Å². The maximum absolute atomic E-state index is 14.3. The molecule has 1 aliphatic carbocycles. The number of halogens is 1. The number of ether oxygens (including phenoxy) is 1. The minimum absolute atomic E-state index is 0.0629. The van der Waals surface area contributed by atoms with E-state index in [1.807, 2.05) is 48.6 Å². The lowest BCUT2D eigenvalue weighted by Gasteiger charge is -2.19. The van der Waals surface area contributed by atoms with Gasteiger partial charge in [0.2, 0.25) is 5.89 Å². The maximum atomic E-state index is 14.3. The number of benzene rings is 3. The number of aromatic nitrogens is 4. The van der Waals surface area contributed by atoms with Gasteiger partial charge in [-0.15, -0.1) is 5.10 Å². The maximum Gasteiger partial charge on any atom is 0.434 e. The van der Waals surface area contributed by atoms with E-state index in [4.69, 9.17) is 9.15 Å². The van der Waals surface area contributed by atoms with Crippen molar-refractivity contribution in [1.29, 1.82) is 0 Å². The molecule has 1 aliphatic rings. The fourth-order valence-corrected chi connectivity index (χ4v) is 5.29. The van der Waals surface area contributed by atoms with Gasteiger partial charge in [0, 0.05) is 28.8 Å². The van der Waals surface area contributed by atoms with Crippen molar-refractivity contribution in [2.75, 3.05) is 7.11 Å². The van der Waals surface area contributed by atoms with Crippen LogP contribution in [0.25, 0.3) is 33.6 Å². The molecule has 0 fully saturated rings. The lowest BCUT2D eigenvalue weighted by atomic mass is 9.93. The van der Waals surface area contributed by atoms with Gasteiger partial charge in [0.15, 0.2) is 11.6 Å². The zero-order chi connectivity index (χ0) is 29.2. The average Bonchev–Trinajstić information content (AvgIpc) is 3.76. The summed E-state index contributed by atoms with van der Waals surface area (Å²) in [6, 6.07) is 17.8. The van der Waals surface area contributed by atoms with Crippen LogP contribution in [0.3, 0.4) is 0 Å². The van der Waals surface area contributed by atoms with Crippen LogP contribution in [-0.4, -0.2) is 33.2 Å². The Morgan fingerprint density at radius 3 is 2.71 bits per heavy atom. The summed E-state index contributed by atoms with van der Waals surface area (Å²) in [4.78, 5) is 33.3. The third-order valence-electron chi connectivity index (χ3n) is 7.30. The molecule has 1 atom stereocenters. The highest BCUT2D eigenvalue weighted by atomic mass is 19.1. The molecule has 9 nitrogen and oxygen atoms in total. The molecule has 0 spiro atoms. The molecule has 3 aromatic carbocycles. The average molecular weight is 566 g/mol. The molecule has 2 heterocycles. The Hall–Kier alpha value is -5.25. The summed E-state index contributed by atoms with van der Waals surface area (Å²) in [7, 11) is 1.41. The van der Waals surface area contributed by atoms with Crippen molar-refractivity contribution in [3.63, 3.8) is 0 Å². The van der Waals surface area contributed by atoms with Gasteiger partial charge in [0.25, 0.3) is 5.91 Å². The van der Waals surface area contributed by atoms with Gasteiger partial charge in [-0.05, 0) is 41.7 Å². The molecule has 1 amide bonds. The van der Waals surface area contributed by atoms with Crippen LogP contribution in [0, 0.1) is 5.82 Å². The molecule has 0 saturated heterocycles.